The Morgan fingerprint density at radius 3 is 2.57 bits per heavy atom. The molecule has 2 aromatic rings. The van der Waals surface area contributed by atoms with Gasteiger partial charge in [0.15, 0.2) is 0 Å². The Balaban J connectivity index is 1.48. The van der Waals surface area contributed by atoms with Gasteiger partial charge in [-0.1, -0.05) is 0 Å². The van der Waals surface area contributed by atoms with E-state index in [1.807, 2.05) is 22.4 Å². The zero-order valence-corrected chi connectivity index (χ0v) is 14.1. The summed E-state index contributed by atoms with van der Waals surface area (Å²) in [6.07, 6.45) is 3.09. The summed E-state index contributed by atoms with van der Waals surface area (Å²) in [5, 5.41) is 2.99. The molecule has 23 heavy (non-hydrogen) atoms. The van der Waals surface area contributed by atoms with Gasteiger partial charge in [-0.25, -0.2) is 4.98 Å². The molecule has 1 aliphatic heterocycles. The largest absolute Gasteiger partial charge is 0.497 e. The number of nitrogens with zero attached hydrogens (tertiary/aromatic N) is 3. The van der Waals surface area contributed by atoms with Crippen LogP contribution in [-0.4, -0.2) is 49.1 Å². The van der Waals surface area contributed by atoms with Crippen LogP contribution in [0.25, 0.3) is 0 Å². The highest BCUT2D eigenvalue weighted by Gasteiger charge is 2.21. The second-order valence-electron chi connectivity index (χ2n) is 5.49. The SMILES string of the molecule is COc1ccc(N2CCN(C(=O)CCc3nccs3)CC2)cc1. The fourth-order valence-corrected chi connectivity index (χ4v) is 3.38. The Morgan fingerprint density at radius 2 is 1.96 bits per heavy atom. The molecule has 1 aromatic carbocycles. The number of rotatable bonds is 5. The average Bonchev–Trinajstić information content (AvgIpc) is 3.13. The predicted molar refractivity (Wildman–Crippen MR) is 92.2 cm³/mol. The molecule has 0 spiro atoms. The first kappa shape index (κ1) is 15.8. The Hall–Kier alpha value is -2.08. The number of anilines is 1. The molecule has 1 aromatic heterocycles. The molecule has 0 N–H and O–H groups in total. The molecule has 1 saturated heterocycles. The molecule has 0 bridgehead atoms. The van der Waals surface area contributed by atoms with E-state index in [-0.39, 0.29) is 5.91 Å². The highest BCUT2D eigenvalue weighted by atomic mass is 32.1. The minimum Gasteiger partial charge on any atom is -0.497 e. The minimum absolute atomic E-state index is 0.231. The third-order valence-electron chi connectivity index (χ3n) is 4.11. The minimum atomic E-state index is 0.231. The van der Waals surface area contributed by atoms with Crippen LogP contribution in [0.15, 0.2) is 35.8 Å². The van der Waals surface area contributed by atoms with Crippen molar-refractivity contribution in [2.45, 2.75) is 12.8 Å². The van der Waals surface area contributed by atoms with Crippen LogP contribution in [0.2, 0.25) is 0 Å². The number of carbonyl (C=O) groups is 1. The van der Waals surface area contributed by atoms with E-state index < -0.39 is 0 Å². The first-order chi connectivity index (χ1) is 11.3. The van der Waals surface area contributed by atoms with Gasteiger partial charge in [-0.2, -0.15) is 0 Å². The first-order valence-electron chi connectivity index (χ1n) is 7.81. The first-order valence-corrected chi connectivity index (χ1v) is 8.69. The Bertz CT molecular complexity index is 620. The van der Waals surface area contributed by atoms with E-state index in [1.165, 1.54) is 5.69 Å². The molecule has 0 radical (unpaired) electrons. The van der Waals surface area contributed by atoms with Gasteiger partial charge in [-0.3, -0.25) is 4.79 Å². The molecule has 3 rings (SSSR count). The Labute approximate surface area is 140 Å². The van der Waals surface area contributed by atoms with E-state index in [1.54, 1.807) is 24.6 Å². The van der Waals surface area contributed by atoms with Gasteiger partial charge in [0, 0.05) is 56.3 Å². The van der Waals surface area contributed by atoms with Crippen LogP contribution in [-0.2, 0) is 11.2 Å². The van der Waals surface area contributed by atoms with Crippen LogP contribution in [0.4, 0.5) is 5.69 Å². The zero-order chi connectivity index (χ0) is 16.1. The quantitative estimate of drug-likeness (QED) is 0.844. The predicted octanol–water partition coefficient (Wildman–Crippen LogP) is 2.43. The van der Waals surface area contributed by atoms with Gasteiger partial charge in [0.1, 0.15) is 5.75 Å². The second-order valence-corrected chi connectivity index (χ2v) is 6.47. The summed E-state index contributed by atoms with van der Waals surface area (Å²) < 4.78 is 5.19. The molecule has 0 saturated carbocycles. The summed E-state index contributed by atoms with van der Waals surface area (Å²) in [6.45, 7) is 3.30. The van der Waals surface area contributed by atoms with Crippen LogP contribution in [0, 0.1) is 0 Å². The van der Waals surface area contributed by atoms with Crippen LogP contribution >= 0.6 is 11.3 Å². The van der Waals surface area contributed by atoms with Gasteiger partial charge in [0.25, 0.3) is 0 Å². The maximum absolute atomic E-state index is 12.3. The molecular weight excluding hydrogens is 310 g/mol. The molecule has 2 heterocycles. The number of methoxy groups -OCH3 is 1. The molecule has 122 valence electrons. The van der Waals surface area contributed by atoms with Crippen LogP contribution in [0.3, 0.4) is 0 Å². The van der Waals surface area contributed by atoms with Crippen molar-refractivity contribution in [3.8, 4) is 5.75 Å². The maximum atomic E-state index is 12.3. The summed E-state index contributed by atoms with van der Waals surface area (Å²) in [6, 6.07) is 8.08. The van der Waals surface area contributed by atoms with Gasteiger partial charge >= 0.3 is 0 Å². The van der Waals surface area contributed by atoms with Gasteiger partial charge in [0.05, 0.1) is 12.1 Å². The van der Waals surface area contributed by atoms with Gasteiger partial charge < -0.3 is 14.5 Å². The van der Waals surface area contributed by atoms with Gasteiger partial charge in [-0.05, 0) is 24.3 Å². The smallest absolute Gasteiger partial charge is 0.223 e. The summed E-state index contributed by atoms with van der Waals surface area (Å²) >= 11 is 1.61. The molecule has 1 fully saturated rings. The van der Waals surface area contributed by atoms with Crippen LogP contribution in [0.1, 0.15) is 11.4 Å². The number of amides is 1. The summed E-state index contributed by atoms with van der Waals surface area (Å²) in [7, 11) is 1.67. The number of aromatic nitrogens is 1. The number of hydrogen-bond acceptors (Lipinski definition) is 5. The van der Waals surface area contributed by atoms with Crippen molar-refractivity contribution in [3.63, 3.8) is 0 Å². The number of thiazole rings is 1. The summed E-state index contributed by atoms with van der Waals surface area (Å²) in [5.41, 5.74) is 1.18. The fraction of sp³-hybridized carbons (Fsp3) is 0.412. The highest BCUT2D eigenvalue weighted by molar-refractivity contribution is 7.09. The van der Waals surface area contributed by atoms with Crippen LogP contribution < -0.4 is 9.64 Å². The van der Waals surface area contributed by atoms with Crippen molar-refractivity contribution in [2.24, 2.45) is 0 Å². The van der Waals surface area contributed by atoms with E-state index in [9.17, 15) is 4.79 Å². The third-order valence-corrected chi connectivity index (χ3v) is 4.95. The van der Waals surface area contributed by atoms with Crippen molar-refractivity contribution in [3.05, 3.63) is 40.8 Å². The Morgan fingerprint density at radius 1 is 1.22 bits per heavy atom. The molecule has 1 aliphatic rings. The van der Waals surface area contributed by atoms with E-state index in [0.717, 1.165) is 43.4 Å². The monoisotopic (exact) mass is 331 g/mol. The van der Waals surface area contributed by atoms with Crippen molar-refractivity contribution in [2.75, 3.05) is 38.2 Å². The highest BCUT2D eigenvalue weighted by Crippen LogP contribution is 2.20. The molecule has 1 amide bonds. The molecule has 6 heteroatoms. The average molecular weight is 331 g/mol. The number of piperazine rings is 1. The molecule has 0 aliphatic carbocycles. The normalized spacial score (nSPS) is 14.8. The fourth-order valence-electron chi connectivity index (χ4n) is 2.76. The number of aryl methyl sites for hydroxylation is 1. The molecule has 5 nitrogen and oxygen atoms in total. The molecule has 0 atom stereocenters. The topological polar surface area (TPSA) is 45.7 Å². The molecule has 0 unspecified atom stereocenters. The lowest BCUT2D eigenvalue weighted by Crippen LogP contribution is -2.48. The van der Waals surface area contributed by atoms with Gasteiger partial charge in [-0.15, -0.1) is 11.3 Å². The number of carbonyl (C=O) groups excluding carboxylic acids is 1. The van der Waals surface area contributed by atoms with Crippen LogP contribution in [0.5, 0.6) is 5.75 Å². The summed E-state index contributed by atoms with van der Waals surface area (Å²) in [4.78, 5) is 20.8. The van der Waals surface area contributed by atoms with Gasteiger partial charge in [0.2, 0.25) is 5.91 Å². The third kappa shape index (κ3) is 4.01. The van der Waals surface area contributed by atoms with E-state index in [2.05, 4.69) is 22.0 Å². The van der Waals surface area contributed by atoms with Crippen molar-refractivity contribution in [1.82, 2.24) is 9.88 Å². The number of hydrogen-bond donors (Lipinski definition) is 0. The Kier molecular flexibility index (Phi) is 5.12. The standard InChI is InChI=1S/C17H21N3O2S/c1-22-15-4-2-14(3-5-15)19-9-11-20(12-10-19)17(21)7-6-16-18-8-13-23-16/h2-5,8,13H,6-7,9-12H2,1H3. The van der Waals surface area contributed by atoms with Crippen molar-refractivity contribution < 1.29 is 9.53 Å². The lowest BCUT2D eigenvalue weighted by Gasteiger charge is -2.36. The molecular formula is C17H21N3O2S. The van der Waals surface area contributed by atoms with Crippen molar-refractivity contribution in [1.29, 1.82) is 0 Å². The zero-order valence-electron chi connectivity index (χ0n) is 13.3. The maximum Gasteiger partial charge on any atom is 0.223 e. The van der Waals surface area contributed by atoms with E-state index in [4.69, 9.17) is 4.74 Å². The number of ether oxygens (including phenoxy) is 1. The summed E-state index contributed by atoms with van der Waals surface area (Å²) in [5.74, 6) is 1.10. The lowest BCUT2D eigenvalue weighted by atomic mass is 10.2. The van der Waals surface area contributed by atoms with E-state index in [0.29, 0.717) is 6.42 Å². The number of benzene rings is 1. The van der Waals surface area contributed by atoms with E-state index >= 15 is 0 Å². The lowest BCUT2D eigenvalue weighted by molar-refractivity contribution is -0.131. The van der Waals surface area contributed by atoms with Crippen molar-refractivity contribution >= 4 is 22.9 Å². The second kappa shape index (κ2) is 7.46.